The van der Waals surface area contributed by atoms with Gasteiger partial charge >= 0.3 is 0 Å². The van der Waals surface area contributed by atoms with E-state index in [1.54, 1.807) is 0 Å². The van der Waals surface area contributed by atoms with Crippen molar-refractivity contribution in [1.82, 2.24) is 10.1 Å². The standard InChI is InChI=1S/C13H14BrN3O/c14-10-6-2-1-4-8(10)12-16-13(18-17-12)9-5-3-7-11(9)15/h1-2,4,6,9,11H,3,5,7,15H2. The maximum atomic E-state index is 6.05. The molecule has 2 atom stereocenters. The lowest BCUT2D eigenvalue weighted by atomic mass is 10.1. The number of benzene rings is 1. The van der Waals surface area contributed by atoms with E-state index in [1.165, 1.54) is 0 Å². The third kappa shape index (κ3) is 2.08. The molecule has 0 aliphatic heterocycles. The van der Waals surface area contributed by atoms with E-state index in [0.717, 1.165) is 29.3 Å². The second kappa shape index (κ2) is 4.82. The lowest BCUT2D eigenvalue weighted by Crippen LogP contribution is -2.22. The summed E-state index contributed by atoms with van der Waals surface area (Å²) >= 11 is 3.49. The van der Waals surface area contributed by atoms with E-state index in [4.69, 9.17) is 10.3 Å². The Morgan fingerprint density at radius 1 is 1.28 bits per heavy atom. The minimum atomic E-state index is 0.150. The van der Waals surface area contributed by atoms with Gasteiger partial charge in [-0.25, -0.2) is 0 Å². The zero-order valence-corrected chi connectivity index (χ0v) is 11.4. The SMILES string of the molecule is NC1CCCC1c1nc(-c2ccccc2Br)no1. The third-order valence-electron chi connectivity index (χ3n) is 3.44. The topological polar surface area (TPSA) is 64.9 Å². The molecule has 94 valence electrons. The lowest BCUT2D eigenvalue weighted by molar-refractivity contribution is 0.345. The maximum absolute atomic E-state index is 6.05. The van der Waals surface area contributed by atoms with Gasteiger partial charge in [-0.15, -0.1) is 0 Å². The third-order valence-corrected chi connectivity index (χ3v) is 4.13. The molecule has 1 aromatic carbocycles. The Bertz CT molecular complexity index is 555. The molecule has 0 saturated heterocycles. The summed E-state index contributed by atoms with van der Waals surface area (Å²) in [6, 6.07) is 8.00. The van der Waals surface area contributed by atoms with Crippen LogP contribution in [0.4, 0.5) is 0 Å². The fourth-order valence-electron chi connectivity index (χ4n) is 2.43. The highest BCUT2D eigenvalue weighted by atomic mass is 79.9. The Balaban J connectivity index is 1.92. The van der Waals surface area contributed by atoms with Gasteiger partial charge in [-0.3, -0.25) is 0 Å². The molecule has 18 heavy (non-hydrogen) atoms. The normalized spacial score (nSPS) is 23.4. The van der Waals surface area contributed by atoms with Gasteiger partial charge in [-0.05, 0) is 25.0 Å². The first-order valence-corrected chi connectivity index (χ1v) is 6.89. The summed E-state index contributed by atoms with van der Waals surface area (Å²) < 4.78 is 6.33. The molecule has 3 rings (SSSR count). The van der Waals surface area contributed by atoms with E-state index >= 15 is 0 Å². The van der Waals surface area contributed by atoms with Crippen LogP contribution in [0.1, 0.15) is 31.1 Å². The summed E-state index contributed by atoms with van der Waals surface area (Å²) in [5.41, 5.74) is 7.00. The molecule has 5 heteroatoms. The average molecular weight is 308 g/mol. The highest BCUT2D eigenvalue weighted by Crippen LogP contribution is 2.34. The highest BCUT2D eigenvalue weighted by molar-refractivity contribution is 9.10. The molecule has 1 fully saturated rings. The monoisotopic (exact) mass is 307 g/mol. The van der Waals surface area contributed by atoms with Crippen LogP contribution in [0.5, 0.6) is 0 Å². The minimum Gasteiger partial charge on any atom is -0.339 e. The summed E-state index contributed by atoms with van der Waals surface area (Å²) in [7, 11) is 0. The van der Waals surface area contributed by atoms with E-state index in [2.05, 4.69) is 26.1 Å². The fourth-order valence-corrected chi connectivity index (χ4v) is 2.90. The first-order valence-electron chi connectivity index (χ1n) is 6.10. The summed E-state index contributed by atoms with van der Waals surface area (Å²) in [6.45, 7) is 0. The molecular formula is C13H14BrN3O. The Morgan fingerprint density at radius 3 is 2.83 bits per heavy atom. The molecule has 0 spiro atoms. The molecule has 2 N–H and O–H groups in total. The van der Waals surface area contributed by atoms with Crippen LogP contribution in [-0.4, -0.2) is 16.2 Å². The average Bonchev–Trinajstić information content (AvgIpc) is 2.98. The Hall–Kier alpha value is -1.20. The van der Waals surface area contributed by atoms with Crippen molar-refractivity contribution in [3.63, 3.8) is 0 Å². The van der Waals surface area contributed by atoms with Crippen molar-refractivity contribution in [3.8, 4) is 11.4 Å². The number of hydrogen-bond donors (Lipinski definition) is 1. The summed E-state index contributed by atoms with van der Waals surface area (Å²) in [6.07, 6.45) is 3.22. The predicted octanol–water partition coefficient (Wildman–Crippen LogP) is 3.09. The Labute approximate surface area is 114 Å². The number of nitrogens with two attached hydrogens (primary N) is 1. The van der Waals surface area contributed by atoms with Crippen LogP contribution in [0.15, 0.2) is 33.3 Å². The maximum Gasteiger partial charge on any atom is 0.231 e. The van der Waals surface area contributed by atoms with Gasteiger partial charge < -0.3 is 10.3 Å². The van der Waals surface area contributed by atoms with Gasteiger partial charge in [-0.2, -0.15) is 4.98 Å². The van der Waals surface area contributed by atoms with Crippen molar-refractivity contribution >= 4 is 15.9 Å². The van der Waals surface area contributed by atoms with Crippen molar-refractivity contribution in [3.05, 3.63) is 34.6 Å². The fraction of sp³-hybridized carbons (Fsp3) is 0.385. The van der Waals surface area contributed by atoms with Crippen molar-refractivity contribution in [1.29, 1.82) is 0 Å². The molecule has 0 bridgehead atoms. The number of nitrogens with zero attached hydrogens (tertiary/aromatic N) is 2. The number of rotatable bonds is 2. The largest absolute Gasteiger partial charge is 0.339 e. The molecule has 0 amide bonds. The summed E-state index contributed by atoms with van der Waals surface area (Å²) in [5.74, 6) is 1.51. The summed E-state index contributed by atoms with van der Waals surface area (Å²) in [5, 5.41) is 4.05. The van der Waals surface area contributed by atoms with E-state index in [-0.39, 0.29) is 12.0 Å². The van der Waals surface area contributed by atoms with E-state index < -0.39 is 0 Å². The molecule has 0 radical (unpaired) electrons. The second-order valence-corrected chi connectivity index (χ2v) is 5.49. The second-order valence-electron chi connectivity index (χ2n) is 4.64. The van der Waals surface area contributed by atoms with E-state index in [9.17, 15) is 0 Å². The van der Waals surface area contributed by atoms with Crippen molar-refractivity contribution < 1.29 is 4.52 Å². The van der Waals surface area contributed by atoms with Gasteiger partial charge in [0.25, 0.3) is 0 Å². The van der Waals surface area contributed by atoms with Crippen LogP contribution < -0.4 is 5.73 Å². The summed E-state index contributed by atoms with van der Waals surface area (Å²) in [4.78, 5) is 4.49. The van der Waals surface area contributed by atoms with Crippen LogP contribution in [0.2, 0.25) is 0 Å². The molecule has 1 aliphatic rings. The van der Waals surface area contributed by atoms with E-state index in [0.29, 0.717) is 11.7 Å². The Kier molecular flexibility index (Phi) is 3.18. The van der Waals surface area contributed by atoms with Crippen molar-refractivity contribution in [2.45, 2.75) is 31.2 Å². The number of aromatic nitrogens is 2. The lowest BCUT2D eigenvalue weighted by Gasteiger charge is -2.08. The van der Waals surface area contributed by atoms with Crippen molar-refractivity contribution in [2.75, 3.05) is 0 Å². The quantitative estimate of drug-likeness (QED) is 0.926. The zero-order chi connectivity index (χ0) is 12.5. The molecule has 1 heterocycles. The van der Waals surface area contributed by atoms with Gasteiger partial charge in [0.2, 0.25) is 11.7 Å². The van der Waals surface area contributed by atoms with Gasteiger partial charge in [-0.1, -0.05) is 39.6 Å². The first-order chi connectivity index (χ1) is 8.75. The molecule has 2 aromatic rings. The first kappa shape index (κ1) is 11.9. The van der Waals surface area contributed by atoms with E-state index in [1.807, 2.05) is 24.3 Å². The highest BCUT2D eigenvalue weighted by Gasteiger charge is 2.30. The molecule has 1 saturated carbocycles. The van der Waals surface area contributed by atoms with Gasteiger partial charge in [0.15, 0.2) is 0 Å². The van der Waals surface area contributed by atoms with Crippen LogP contribution in [0.25, 0.3) is 11.4 Å². The predicted molar refractivity (Wildman–Crippen MR) is 72.0 cm³/mol. The number of halogens is 1. The van der Waals surface area contributed by atoms with Gasteiger partial charge in [0.05, 0.1) is 5.92 Å². The van der Waals surface area contributed by atoms with Gasteiger partial charge in [0, 0.05) is 16.1 Å². The zero-order valence-electron chi connectivity index (χ0n) is 9.84. The molecule has 4 nitrogen and oxygen atoms in total. The molecule has 1 aliphatic carbocycles. The Morgan fingerprint density at radius 2 is 2.11 bits per heavy atom. The smallest absolute Gasteiger partial charge is 0.231 e. The molecule has 1 aromatic heterocycles. The van der Waals surface area contributed by atoms with Crippen molar-refractivity contribution in [2.24, 2.45) is 5.73 Å². The number of hydrogen-bond acceptors (Lipinski definition) is 4. The van der Waals surface area contributed by atoms with Gasteiger partial charge in [0.1, 0.15) is 0 Å². The van der Waals surface area contributed by atoms with Crippen LogP contribution in [0.3, 0.4) is 0 Å². The minimum absolute atomic E-state index is 0.150. The van der Waals surface area contributed by atoms with Crippen LogP contribution >= 0.6 is 15.9 Å². The molecular weight excluding hydrogens is 294 g/mol. The molecule has 2 unspecified atom stereocenters. The van der Waals surface area contributed by atoms with Crippen LogP contribution in [0, 0.1) is 0 Å². The van der Waals surface area contributed by atoms with Crippen LogP contribution in [-0.2, 0) is 0 Å².